The van der Waals surface area contributed by atoms with E-state index in [0.29, 0.717) is 10.7 Å². The number of aryl methyl sites for hydroxylation is 1. The van der Waals surface area contributed by atoms with Crippen LogP contribution in [0.2, 0.25) is 5.02 Å². The summed E-state index contributed by atoms with van der Waals surface area (Å²) in [5.74, 6) is 3.85. The summed E-state index contributed by atoms with van der Waals surface area (Å²) in [5.41, 5.74) is 3.32. The number of rotatable bonds is 3. The van der Waals surface area contributed by atoms with E-state index in [1.807, 2.05) is 18.4 Å². The Morgan fingerprint density at radius 2 is 2.06 bits per heavy atom. The second-order valence-electron chi connectivity index (χ2n) is 3.28. The third kappa shape index (κ3) is 3.52. The third-order valence-electron chi connectivity index (χ3n) is 1.88. The first-order valence-corrected chi connectivity index (χ1v) is 4.96. The van der Waals surface area contributed by atoms with Gasteiger partial charge < -0.3 is 5.32 Å². The van der Waals surface area contributed by atoms with Crippen molar-refractivity contribution in [2.75, 3.05) is 5.32 Å². The largest absolute Gasteiger partial charge is 0.324 e. The van der Waals surface area contributed by atoms with Crippen LogP contribution in [-0.4, -0.2) is 11.8 Å². The molecule has 5 nitrogen and oxygen atoms in total. The minimum Gasteiger partial charge on any atom is -0.324 e. The molecule has 0 fully saturated rings. The van der Waals surface area contributed by atoms with Gasteiger partial charge in [0.1, 0.15) is 6.42 Å². The molecule has 0 aliphatic carbocycles. The fourth-order valence-electron chi connectivity index (χ4n) is 1.13. The first kappa shape index (κ1) is 12.5. The quantitative estimate of drug-likeness (QED) is 0.319. The number of amides is 2. The van der Waals surface area contributed by atoms with E-state index in [4.69, 9.17) is 17.4 Å². The molecule has 1 aromatic rings. The molecule has 16 heavy (non-hydrogen) atoms. The lowest BCUT2D eigenvalue weighted by Gasteiger charge is -2.07. The highest BCUT2D eigenvalue weighted by Gasteiger charge is 2.10. The first-order valence-electron chi connectivity index (χ1n) is 4.58. The third-order valence-corrected chi connectivity index (χ3v) is 2.21. The predicted octanol–water partition coefficient (Wildman–Crippen LogP) is 0.967. The van der Waals surface area contributed by atoms with Crippen LogP contribution < -0.4 is 16.6 Å². The molecule has 0 saturated carbocycles. The molecular weight excluding hydrogens is 230 g/mol. The van der Waals surface area contributed by atoms with E-state index in [1.54, 1.807) is 12.1 Å². The maximum absolute atomic E-state index is 11.4. The molecule has 0 atom stereocenters. The average Bonchev–Trinajstić information content (AvgIpc) is 2.23. The lowest BCUT2D eigenvalue weighted by molar-refractivity contribution is -0.126. The van der Waals surface area contributed by atoms with Gasteiger partial charge >= 0.3 is 0 Å². The molecular formula is C10H12ClN3O2. The Morgan fingerprint density at radius 3 is 2.69 bits per heavy atom. The normalized spacial score (nSPS) is 9.69. The summed E-state index contributed by atoms with van der Waals surface area (Å²) < 4.78 is 0. The predicted molar refractivity (Wildman–Crippen MR) is 61.8 cm³/mol. The highest BCUT2D eigenvalue weighted by atomic mass is 35.5. The van der Waals surface area contributed by atoms with Crippen LogP contribution in [0, 0.1) is 6.92 Å². The smallest absolute Gasteiger partial charge is 0.243 e. The molecule has 2 amide bonds. The topological polar surface area (TPSA) is 84.2 Å². The van der Waals surface area contributed by atoms with Crippen LogP contribution in [-0.2, 0) is 9.59 Å². The molecule has 0 aromatic heterocycles. The van der Waals surface area contributed by atoms with Gasteiger partial charge in [0.2, 0.25) is 11.8 Å². The van der Waals surface area contributed by atoms with Gasteiger partial charge in [-0.15, -0.1) is 0 Å². The fourth-order valence-corrected chi connectivity index (χ4v) is 1.29. The fraction of sp³-hybridized carbons (Fsp3) is 0.200. The summed E-state index contributed by atoms with van der Waals surface area (Å²) in [6, 6.07) is 5.22. The lowest BCUT2D eigenvalue weighted by atomic mass is 10.2. The Kier molecular flexibility index (Phi) is 4.28. The van der Waals surface area contributed by atoms with Crippen molar-refractivity contribution in [2.24, 2.45) is 5.84 Å². The molecule has 0 aliphatic heterocycles. The monoisotopic (exact) mass is 241 g/mol. The summed E-state index contributed by atoms with van der Waals surface area (Å²) in [7, 11) is 0. The minimum atomic E-state index is -0.554. The number of benzene rings is 1. The second-order valence-corrected chi connectivity index (χ2v) is 3.68. The highest BCUT2D eigenvalue weighted by molar-refractivity contribution is 6.33. The first-order chi connectivity index (χ1) is 7.52. The van der Waals surface area contributed by atoms with E-state index < -0.39 is 11.8 Å². The summed E-state index contributed by atoms with van der Waals surface area (Å²) in [5, 5.41) is 2.95. The molecule has 6 heteroatoms. The zero-order valence-electron chi connectivity index (χ0n) is 8.71. The Bertz CT molecular complexity index is 421. The van der Waals surface area contributed by atoms with E-state index in [9.17, 15) is 9.59 Å². The molecule has 0 radical (unpaired) electrons. The number of hydrogen-bond acceptors (Lipinski definition) is 3. The van der Waals surface area contributed by atoms with Crippen LogP contribution in [0.4, 0.5) is 5.69 Å². The van der Waals surface area contributed by atoms with Gasteiger partial charge in [0.25, 0.3) is 0 Å². The number of halogens is 1. The van der Waals surface area contributed by atoms with Gasteiger partial charge in [-0.1, -0.05) is 17.7 Å². The van der Waals surface area contributed by atoms with E-state index in [0.717, 1.165) is 5.56 Å². The van der Waals surface area contributed by atoms with Gasteiger partial charge in [-0.2, -0.15) is 0 Å². The van der Waals surface area contributed by atoms with E-state index >= 15 is 0 Å². The number of carbonyl (C=O) groups is 2. The molecule has 0 unspecified atom stereocenters. The van der Waals surface area contributed by atoms with Crippen molar-refractivity contribution in [3.8, 4) is 0 Å². The van der Waals surface area contributed by atoms with Crippen molar-refractivity contribution >= 4 is 29.1 Å². The minimum absolute atomic E-state index is 0.333. The van der Waals surface area contributed by atoms with E-state index in [2.05, 4.69) is 5.32 Å². The Morgan fingerprint density at radius 1 is 1.38 bits per heavy atom. The summed E-state index contributed by atoms with van der Waals surface area (Å²) in [6.07, 6.45) is -0.333. The van der Waals surface area contributed by atoms with Gasteiger partial charge in [-0.25, -0.2) is 5.84 Å². The standard InChI is InChI=1S/C10H12ClN3O2/c1-6-2-3-7(11)8(4-6)13-9(15)5-10(16)14-12/h2-4H,5,12H2,1H3,(H,13,15)(H,14,16). The molecule has 0 saturated heterocycles. The summed E-state index contributed by atoms with van der Waals surface area (Å²) in [6.45, 7) is 1.87. The number of carbonyl (C=O) groups excluding carboxylic acids is 2. The van der Waals surface area contributed by atoms with Crippen molar-refractivity contribution in [1.29, 1.82) is 0 Å². The molecule has 0 aliphatic rings. The Hall–Kier alpha value is -1.59. The van der Waals surface area contributed by atoms with Gasteiger partial charge in [-0.3, -0.25) is 15.0 Å². The van der Waals surface area contributed by atoms with Crippen molar-refractivity contribution in [3.05, 3.63) is 28.8 Å². The number of hydrogen-bond donors (Lipinski definition) is 3. The zero-order valence-corrected chi connectivity index (χ0v) is 9.47. The van der Waals surface area contributed by atoms with Crippen molar-refractivity contribution in [3.63, 3.8) is 0 Å². The Labute approximate surface area is 97.9 Å². The van der Waals surface area contributed by atoms with Crippen LogP contribution in [0.3, 0.4) is 0 Å². The zero-order chi connectivity index (χ0) is 12.1. The highest BCUT2D eigenvalue weighted by Crippen LogP contribution is 2.22. The molecule has 1 aromatic carbocycles. The van der Waals surface area contributed by atoms with Gasteiger partial charge in [0.05, 0.1) is 10.7 Å². The van der Waals surface area contributed by atoms with Crippen molar-refractivity contribution < 1.29 is 9.59 Å². The molecule has 86 valence electrons. The summed E-state index contributed by atoms with van der Waals surface area (Å²) >= 11 is 5.87. The molecule has 1 rings (SSSR count). The summed E-state index contributed by atoms with van der Waals surface area (Å²) in [4.78, 5) is 22.2. The van der Waals surface area contributed by atoms with Crippen LogP contribution in [0.5, 0.6) is 0 Å². The number of hydrazine groups is 1. The number of nitrogens with one attached hydrogen (secondary N) is 2. The van der Waals surface area contributed by atoms with Gasteiger partial charge in [-0.05, 0) is 24.6 Å². The number of nitrogens with two attached hydrogens (primary N) is 1. The van der Waals surface area contributed by atoms with Crippen LogP contribution in [0.15, 0.2) is 18.2 Å². The van der Waals surface area contributed by atoms with Gasteiger partial charge in [0.15, 0.2) is 0 Å². The van der Waals surface area contributed by atoms with Crippen LogP contribution in [0.1, 0.15) is 12.0 Å². The van der Waals surface area contributed by atoms with Crippen molar-refractivity contribution in [1.82, 2.24) is 5.43 Å². The van der Waals surface area contributed by atoms with E-state index in [1.165, 1.54) is 0 Å². The maximum atomic E-state index is 11.4. The molecule has 0 spiro atoms. The average molecular weight is 242 g/mol. The SMILES string of the molecule is Cc1ccc(Cl)c(NC(=O)CC(=O)NN)c1. The van der Waals surface area contributed by atoms with Gasteiger partial charge in [0, 0.05) is 0 Å². The van der Waals surface area contributed by atoms with E-state index in [-0.39, 0.29) is 6.42 Å². The molecule has 0 heterocycles. The lowest BCUT2D eigenvalue weighted by Crippen LogP contribution is -2.33. The number of anilines is 1. The Balaban J connectivity index is 2.69. The van der Waals surface area contributed by atoms with Crippen molar-refractivity contribution in [2.45, 2.75) is 13.3 Å². The van der Waals surface area contributed by atoms with Crippen LogP contribution >= 0.6 is 11.6 Å². The maximum Gasteiger partial charge on any atom is 0.243 e. The molecule has 0 bridgehead atoms. The second kappa shape index (κ2) is 5.48. The molecule has 4 N–H and O–H groups in total. The van der Waals surface area contributed by atoms with Crippen LogP contribution in [0.25, 0.3) is 0 Å².